The van der Waals surface area contributed by atoms with Crippen molar-refractivity contribution in [2.24, 2.45) is 0 Å². The lowest BCUT2D eigenvalue weighted by atomic mass is 10.1. The molecule has 1 aliphatic rings. The standard InChI is InChI=1S/C24H25N5O8/c1-24(2,3)37-23(34)25-10-9-19(30)26-14-5-4-6-15(11-14)27-20(31)13-28-21(32)17-8-7-16(29(35)36)12-18(17)22(28)33/h4-8,11-12H,9-10,13H2,1-3H3,(H,25,34)(H,26,30)(H,27,31). The fourth-order valence-corrected chi connectivity index (χ4v) is 3.37. The van der Waals surface area contributed by atoms with Crippen LogP contribution in [0.15, 0.2) is 42.5 Å². The molecule has 2 aromatic carbocycles. The van der Waals surface area contributed by atoms with E-state index in [-0.39, 0.29) is 35.7 Å². The van der Waals surface area contributed by atoms with E-state index in [1.165, 1.54) is 12.1 Å². The Labute approximate surface area is 211 Å². The van der Waals surface area contributed by atoms with Crippen LogP contribution in [0.25, 0.3) is 0 Å². The van der Waals surface area contributed by atoms with Crippen LogP contribution in [0.1, 0.15) is 47.9 Å². The zero-order valence-corrected chi connectivity index (χ0v) is 20.3. The Morgan fingerprint density at radius 3 is 2.19 bits per heavy atom. The van der Waals surface area contributed by atoms with Crippen LogP contribution in [0.3, 0.4) is 0 Å². The minimum Gasteiger partial charge on any atom is -0.444 e. The number of nitro groups is 1. The van der Waals surface area contributed by atoms with Gasteiger partial charge in [-0.25, -0.2) is 4.79 Å². The molecule has 0 saturated heterocycles. The van der Waals surface area contributed by atoms with Crippen molar-refractivity contribution in [2.75, 3.05) is 23.7 Å². The average molecular weight is 511 g/mol. The Hall–Kier alpha value is -4.81. The maximum absolute atomic E-state index is 12.6. The zero-order valence-electron chi connectivity index (χ0n) is 20.3. The first-order valence-corrected chi connectivity index (χ1v) is 11.2. The van der Waals surface area contributed by atoms with Crippen molar-refractivity contribution in [2.45, 2.75) is 32.8 Å². The van der Waals surface area contributed by atoms with E-state index in [0.717, 1.165) is 12.1 Å². The summed E-state index contributed by atoms with van der Waals surface area (Å²) in [6.07, 6.45) is -0.658. The summed E-state index contributed by atoms with van der Waals surface area (Å²) in [5.41, 5.74) is -0.495. The van der Waals surface area contributed by atoms with Gasteiger partial charge in [-0.15, -0.1) is 0 Å². The highest BCUT2D eigenvalue weighted by molar-refractivity contribution is 6.23. The topological polar surface area (TPSA) is 177 Å². The molecule has 2 aromatic rings. The highest BCUT2D eigenvalue weighted by Gasteiger charge is 2.37. The largest absolute Gasteiger partial charge is 0.444 e. The van der Waals surface area contributed by atoms with Crippen LogP contribution >= 0.6 is 0 Å². The molecule has 0 unspecified atom stereocenters. The molecule has 1 aliphatic heterocycles. The van der Waals surface area contributed by atoms with Gasteiger partial charge in [-0.2, -0.15) is 0 Å². The van der Waals surface area contributed by atoms with E-state index in [4.69, 9.17) is 4.74 Å². The second-order valence-corrected chi connectivity index (χ2v) is 9.04. The van der Waals surface area contributed by atoms with Crippen LogP contribution < -0.4 is 16.0 Å². The summed E-state index contributed by atoms with van der Waals surface area (Å²) in [6, 6.07) is 9.48. The molecule has 3 N–H and O–H groups in total. The highest BCUT2D eigenvalue weighted by Crippen LogP contribution is 2.26. The van der Waals surface area contributed by atoms with Gasteiger partial charge in [0.1, 0.15) is 12.1 Å². The zero-order chi connectivity index (χ0) is 27.3. The fourth-order valence-electron chi connectivity index (χ4n) is 3.37. The molecular weight excluding hydrogens is 486 g/mol. The van der Waals surface area contributed by atoms with Gasteiger partial charge in [0.25, 0.3) is 17.5 Å². The number of carbonyl (C=O) groups is 5. The average Bonchev–Trinajstić information content (AvgIpc) is 3.02. The summed E-state index contributed by atoms with van der Waals surface area (Å²) in [5.74, 6) is -2.61. The smallest absolute Gasteiger partial charge is 0.407 e. The number of carbonyl (C=O) groups excluding carboxylic acids is 5. The van der Waals surface area contributed by atoms with Gasteiger partial charge in [0, 0.05) is 36.5 Å². The molecular formula is C24H25N5O8. The Bertz CT molecular complexity index is 1280. The quantitative estimate of drug-likeness (QED) is 0.275. The number of imide groups is 1. The molecule has 37 heavy (non-hydrogen) atoms. The SMILES string of the molecule is CC(C)(C)OC(=O)NCCC(=O)Nc1cccc(NC(=O)CN2C(=O)c3ccc([N+](=O)[O-])cc3C2=O)c1. The number of nitrogens with zero attached hydrogens (tertiary/aromatic N) is 2. The number of hydrogen-bond donors (Lipinski definition) is 3. The predicted octanol–water partition coefficient (Wildman–Crippen LogP) is 2.68. The molecule has 5 amide bonds. The van der Waals surface area contributed by atoms with Gasteiger partial charge in [0.2, 0.25) is 11.8 Å². The first-order chi connectivity index (χ1) is 17.3. The molecule has 1 heterocycles. The number of ether oxygens (including phenoxy) is 1. The van der Waals surface area contributed by atoms with Crippen molar-refractivity contribution < 1.29 is 33.6 Å². The Balaban J connectivity index is 1.53. The van der Waals surface area contributed by atoms with Crippen molar-refractivity contribution in [3.05, 3.63) is 63.7 Å². The van der Waals surface area contributed by atoms with Crippen molar-refractivity contribution in [3.8, 4) is 0 Å². The molecule has 0 radical (unpaired) electrons. The predicted molar refractivity (Wildman–Crippen MR) is 131 cm³/mol. The van der Waals surface area contributed by atoms with E-state index in [1.54, 1.807) is 39.0 Å². The molecule has 13 heteroatoms. The lowest BCUT2D eigenvalue weighted by molar-refractivity contribution is -0.384. The Morgan fingerprint density at radius 2 is 1.57 bits per heavy atom. The lowest BCUT2D eigenvalue weighted by Gasteiger charge is -2.19. The highest BCUT2D eigenvalue weighted by atomic mass is 16.6. The fraction of sp³-hybridized carbons (Fsp3) is 0.292. The minimum absolute atomic E-state index is 0.0192. The van der Waals surface area contributed by atoms with E-state index in [2.05, 4.69) is 16.0 Å². The summed E-state index contributed by atoms with van der Waals surface area (Å²) in [7, 11) is 0. The molecule has 0 fully saturated rings. The number of nitro benzene ring substituents is 1. The first kappa shape index (κ1) is 26.8. The van der Waals surface area contributed by atoms with Gasteiger partial charge >= 0.3 is 6.09 Å². The molecule has 0 aromatic heterocycles. The van der Waals surface area contributed by atoms with Crippen molar-refractivity contribution in [1.29, 1.82) is 0 Å². The molecule has 0 atom stereocenters. The number of alkyl carbamates (subject to hydrolysis) is 1. The number of non-ortho nitro benzene ring substituents is 1. The molecule has 194 valence electrons. The third-order valence-electron chi connectivity index (χ3n) is 4.92. The van der Waals surface area contributed by atoms with Gasteiger partial charge in [-0.1, -0.05) is 6.07 Å². The molecule has 13 nitrogen and oxygen atoms in total. The molecule has 3 rings (SSSR count). The monoisotopic (exact) mass is 511 g/mol. The first-order valence-electron chi connectivity index (χ1n) is 11.2. The third kappa shape index (κ3) is 7.10. The van der Waals surface area contributed by atoms with E-state index >= 15 is 0 Å². The number of benzene rings is 2. The van der Waals surface area contributed by atoms with Crippen molar-refractivity contribution in [3.63, 3.8) is 0 Å². The number of anilines is 2. The number of nitrogens with one attached hydrogen (secondary N) is 3. The lowest BCUT2D eigenvalue weighted by Crippen LogP contribution is -2.37. The number of amides is 5. The van der Waals surface area contributed by atoms with Gasteiger partial charge < -0.3 is 20.7 Å². The summed E-state index contributed by atoms with van der Waals surface area (Å²) in [6.45, 7) is 4.62. The summed E-state index contributed by atoms with van der Waals surface area (Å²) < 4.78 is 5.09. The number of hydrogen-bond acceptors (Lipinski definition) is 8. The van der Waals surface area contributed by atoms with Crippen LogP contribution in [0.2, 0.25) is 0 Å². The van der Waals surface area contributed by atoms with Crippen molar-refractivity contribution >= 4 is 46.8 Å². The van der Waals surface area contributed by atoms with E-state index in [9.17, 15) is 34.1 Å². The summed E-state index contributed by atoms with van der Waals surface area (Å²) >= 11 is 0. The maximum atomic E-state index is 12.6. The van der Waals surface area contributed by atoms with Crippen LogP contribution in [-0.2, 0) is 14.3 Å². The Kier molecular flexibility index (Phi) is 7.85. The molecule has 0 saturated carbocycles. The van der Waals surface area contributed by atoms with Gasteiger partial charge in [-0.05, 0) is 45.0 Å². The van der Waals surface area contributed by atoms with Crippen LogP contribution in [0, 0.1) is 10.1 Å². The van der Waals surface area contributed by atoms with E-state index in [1.807, 2.05) is 0 Å². The molecule has 0 aliphatic carbocycles. The number of rotatable bonds is 8. The van der Waals surface area contributed by atoms with Crippen molar-refractivity contribution in [1.82, 2.24) is 10.2 Å². The van der Waals surface area contributed by atoms with E-state index in [0.29, 0.717) is 16.3 Å². The minimum atomic E-state index is -0.806. The van der Waals surface area contributed by atoms with Gasteiger partial charge in [-0.3, -0.25) is 34.2 Å². The van der Waals surface area contributed by atoms with Crippen LogP contribution in [0.4, 0.5) is 21.9 Å². The van der Waals surface area contributed by atoms with Gasteiger partial charge in [0.15, 0.2) is 0 Å². The van der Waals surface area contributed by atoms with Gasteiger partial charge in [0.05, 0.1) is 16.1 Å². The second-order valence-electron chi connectivity index (χ2n) is 9.04. The van der Waals surface area contributed by atoms with Crippen LogP contribution in [0.5, 0.6) is 0 Å². The second kappa shape index (κ2) is 10.8. The summed E-state index contributed by atoms with van der Waals surface area (Å²) in [4.78, 5) is 72.4. The van der Waals surface area contributed by atoms with Crippen LogP contribution in [-0.4, -0.2) is 58.2 Å². The maximum Gasteiger partial charge on any atom is 0.407 e. The summed E-state index contributed by atoms with van der Waals surface area (Å²) in [5, 5.41) is 18.6. The molecule has 0 bridgehead atoms. The molecule has 0 spiro atoms. The Morgan fingerprint density at radius 1 is 0.946 bits per heavy atom. The van der Waals surface area contributed by atoms with E-state index < -0.39 is 40.9 Å². The normalized spacial score (nSPS) is 12.6. The third-order valence-corrected chi connectivity index (χ3v) is 4.92. The number of fused-ring (bicyclic) bond motifs is 1.